The van der Waals surface area contributed by atoms with Crippen LogP contribution in [0.25, 0.3) is 0 Å². The number of hydrogen-bond donors (Lipinski definition) is 1. The molecular weight excluding hydrogens is 476 g/mol. The van der Waals surface area contributed by atoms with Crippen LogP contribution in [0, 0.1) is 0 Å². The first kappa shape index (κ1) is 27.2. The molecule has 1 unspecified atom stereocenters. The molecule has 3 aromatic carbocycles. The summed E-state index contributed by atoms with van der Waals surface area (Å²) < 4.78 is 11.1. The predicted molar refractivity (Wildman–Crippen MR) is 150 cm³/mol. The van der Waals surface area contributed by atoms with Crippen LogP contribution in [-0.4, -0.2) is 37.2 Å². The second-order valence-electron chi connectivity index (χ2n) is 10.2. The van der Waals surface area contributed by atoms with Gasteiger partial charge < -0.3 is 19.7 Å². The Morgan fingerprint density at radius 1 is 0.921 bits per heavy atom. The molecular formula is C32H38N2O4. The highest BCUT2D eigenvalue weighted by Crippen LogP contribution is 2.32. The lowest BCUT2D eigenvalue weighted by atomic mass is 9.95. The van der Waals surface area contributed by atoms with Crippen LogP contribution in [0.2, 0.25) is 0 Å². The van der Waals surface area contributed by atoms with Gasteiger partial charge in [-0.25, -0.2) is 4.79 Å². The fourth-order valence-electron chi connectivity index (χ4n) is 4.90. The normalized spacial score (nSPS) is 14.4. The summed E-state index contributed by atoms with van der Waals surface area (Å²) in [6, 6.07) is 25.5. The van der Waals surface area contributed by atoms with E-state index in [1.807, 2.05) is 36.4 Å². The molecule has 0 bridgehead atoms. The highest BCUT2D eigenvalue weighted by Gasteiger charge is 2.31. The summed E-state index contributed by atoms with van der Waals surface area (Å²) >= 11 is 0. The van der Waals surface area contributed by atoms with Crippen LogP contribution in [0.15, 0.2) is 78.9 Å². The maximum Gasteiger partial charge on any atom is 0.349 e. The maximum atomic E-state index is 13.4. The van der Waals surface area contributed by atoms with Crippen LogP contribution in [0.5, 0.6) is 5.75 Å². The minimum atomic E-state index is -1.13. The van der Waals surface area contributed by atoms with Crippen molar-refractivity contribution in [2.75, 3.05) is 24.6 Å². The van der Waals surface area contributed by atoms with Gasteiger partial charge in [0.25, 0.3) is 0 Å². The Morgan fingerprint density at radius 3 is 2.37 bits per heavy atom. The standard InChI is InChI=1S/C32H38N2O4/c1-4-37-31(36)32(2,3)38-26-17-13-14-24(22-26)23-29(35)33-30(25-15-7-5-8-16-25)27-18-9-10-19-28(27)34-20-11-6-12-21-34/h5,7-10,13-19,22,30H,4,6,11-12,20-21,23H2,1-3H3,(H,33,35). The number of hydrogen-bond acceptors (Lipinski definition) is 5. The van der Waals surface area contributed by atoms with Gasteiger partial charge in [0.2, 0.25) is 5.91 Å². The number of esters is 1. The molecule has 1 fully saturated rings. The monoisotopic (exact) mass is 514 g/mol. The van der Waals surface area contributed by atoms with E-state index in [2.05, 4.69) is 40.5 Å². The van der Waals surface area contributed by atoms with Crippen LogP contribution < -0.4 is 15.0 Å². The van der Waals surface area contributed by atoms with Gasteiger partial charge in [-0.3, -0.25) is 4.79 Å². The van der Waals surface area contributed by atoms with Gasteiger partial charge in [-0.05, 0) is 69.4 Å². The van der Waals surface area contributed by atoms with Crippen molar-refractivity contribution >= 4 is 17.6 Å². The molecule has 200 valence electrons. The summed E-state index contributed by atoms with van der Waals surface area (Å²) in [6.45, 7) is 7.46. The molecule has 1 aliphatic heterocycles. The van der Waals surface area contributed by atoms with E-state index in [1.165, 1.54) is 24.9 Å². The van der Waals surface area contributed by atoms with Gasteiger partial charge in [0.05, 0.1) is 19.1 Å². The summed E-state index contributed by atoms with van der Waals surface area (Å²) in [7, 11) is 0. The fourth-order valence-corrected chi connectivity index (χ4v) is 4.90. The minimum absolute atomic E-state index is 0.0888. The van der Waals surface area contributed by atoms with Gasteiger partial charge in [-0.15, -0.1) is 0 Å². The van der Waals surface area contributed by atoms with Crippen molar-refractivity contribution in [3.8, 4) is 5.75 Å². The zero-order valence-corrected chi connectivity index (χ0v) is 22.6. The summed E-state index contributed by atoms with van der Waals surface area (Å²) in [5.41, 5.74) is 2.99. The molecule has 0 spiro atoms. The van der Waals surface area contributed by atoms with E-state index in [1.54, 1.807) is 32.9 Å². The summed E-state index contributed by atoms with van der Waals surface area (Å²) in [4.78, 5) is 28.1. The number of benzene rings is 3. The van der Waals surface area contributed by atoms with Crippen LogP contribution in [0.4, 0.5) is 5.69 Å². The molecule has 3 aromatic rings. The van der Waals surface area contributed by atoms with E-state index in [0.717, 1.165) is 29.8 Å². The zero-order chi connectivity index (χ0) is 27.0. The number of nitrogens with one attached hydrogen (secondary N) is 1. The number of anilines is 1. The third kappa shape index (κ3) is 6.94. The van der Waals surface area contributed by atoms with Gasteiger partial charge >= 0.3 is 5.97 Å². The number of nitrogens with zero attached hydrogens (tertiary/aromatic N) is 1. The SMILES string of the molecule is CCOC(=O)C(C)(C)Oc1cccc(CC(=O)NC(c2ccccc2)c2ccccc2N2CCCCC2)c1. The van der Waals surface area contributed by atoms with Crippen molar-refractivity contribution in [1.29, 1.82) is 0 Å². The predicted octanol–water partition coefficient (Wildman–Crippen LogP) is 5.85. The molecule has 0 saturated carbocycles. The van der Waals surface area contributed by atoms with Gasteiger partial charge in [-0.2, -0.15) is 0 Å². The topological polar surface area (TPSA) is 67.9 Å². The Balaban J connectivity index is 1.54. The van der Waals surface area contributed by atoms with E-state index >= 15 is 0 Å². The van der Waals surface area contributed by atoms with Crippen molar-refractivity contribution < 1.29 is 19.1 Å². The molecule has 0 aromatic heterocycles. The number of piperidine rings is 1. The smallest absolute Gasteiger partial charge is 0.349 e. The molecule has 38 heavy (non-hydrogen) atoms. The third-order valence-corrected chi connectivity index (χ3v) is 6.79. The molecule has 0 aliphatic carbocycles. The lowest BCUT2D eigenvalue weighted by molar-refractivity contribution is -0.158. The summed E-state index contributed by atoms with van der Waals surface area (Å²) in [6.07, 6.45) is 3.81. The highest BCUT2D eigenvalue weighted by atomic mass is 16.6. The maximum absolute atomic E-state index is 13.4. The van der Waals surface area contributed by atoms with Gasteiger partial charge in [0.1, 0.15) is 5.75 Å². The van der Waals surface area contributed by atoms with Crippen LogP contribution >= 0.6 is 0 Å². The second-order valence-corrected chi connectivity index (χ2v) is 10.2. The van der Waals surface area contributed by atoms with Crippen molar-refractivity contribution in [3.05, 3.63) is 95.6 Å². The average Bonchev–Trinajstić information content (AvgIpc) is 2.93. The first-order valence-electron chi connectivity index (χ1n) is 13.5. The fraction of sp³-hybridized carbons (Fsp3) is 0.375. The lowest BCUT2D eigenvalue weighted by Crippen LogP contribution is -2.39. The Hall–Kier alpha value is -3.80. The lowest BCUT2D eigenvalue weighted by Gasteiger charge is -2.33. The molecule has 1 amide bonds. The molecule has 1 N–H and O–H groups in total. The Kier molecular flexibility index (Phi) is 9.06. The van der Waals surface area contributed by atoms with E-state index in [0.29, 0.717) is 5.75 Å². The Bertz CT molecular complexity index is 1220. The van der Waals surface area contributed by atoms with Crippen molar-refractivity contribution in [2.45, 2.75) is 58.1 Å². The molecule has 1 heterocycles. The van der Waals surface area contributed by atoms with E-state index in [-0.39, 0.29) is 25.0 Å². The highest BCUT2D eigenvalue weighted by molar-refractivity contribution is 5.80. The van der Waals surface area contributed by atoms with Crippen LogP contribution in [0.1, 0.15) is 62.8 Å². The van der Waals surface area contributed by atoms with E-state index < -0.39 is 11.6 Å². The van der Waals surface area contributed by atoms with Gasteiger partial charge in [0, 0.05) is 24.3 Å². The van der Waals surface area contributed by atoms with Gasteiger partial charge in [0.15, 0.2) is 5.60 Å². The average molecular weight is 515 g/mol. The van der Waals surface area contributed by atoms with Crippen LogP contribution in [-0.2, 0) is 20.7 Å². The van der Waals surface area contributed by atoms with Gasteiger partial charge in [-0.1, -0.05) is 60.7 Å². The Labute approximate surface area is 226 Å². The van der Waals surface area contributed by atoms with Crippen molar-refractivity contribution in [2.24, 2.45) is 0 Å². The Morgan fingerprint density at radius 2 is 1.63 bits per heavy atom. The van der Waals surface area contributed by atoms with E-state index in [9.17, 15) is 9.59 Å². The molecule has 1 saturated heterocycles. The van der Waals surface area contributed by atoms with Crippen molar-refractivity contribution in [3.63, 3.8) is 0 Å². The van der Waals surface area contributed by atoms with E-state index in [4.69, 9.17) is 9.47 Å². The number of para-hydroxylation sites is 1. The largest absolute Gasteiger partial charge is 0.476 e. The molecule has 1 atom stereocenters. The van der Waals surface area contributed by atoms with Crippen molar-refractivity contribution in [1.82, 2.24) is 5.32 Å². The first-order chi connectivity index (χ1) is 18.4. The number of amides is 1. The first-order valence-corrected chi connectivity index (χ1v) is 13.5. The summed E-state index contributed by atoms with van der Waals surface area (Å²) in [5.74, 6) is -0.00118. The molecule has 1 aliphatic rings. The molecule has 6 heteroatoms. The number of carbonyl (C=O) groups excluding carboxylic acids is 2. The number of rotatable bonds is 10. The minimum Gasteiger partial charge on any atom is -0.476 e. The summed E-state index contributed by atoms with van der Waals surface area (Å²) in [5, 5.41) is 3.30. The number of carbonyl (C=O) groups is 2. The van der Waals surface area contributed by atoms with Crippen LogP contribution in [0.3, 0.4) is 0 Å². The zero-order valence-electron chi connectivity index (χ0n) is 22.6. The molecule has 4 rings (SSSR count). The number of ether oxygens (including phenoxy) is 2. The quantitative estimate of drug-likeness (QED) is 0.344. The molecule has 6 nitrogen and oxygen atoms in total. The second kappa shape index (κ2) is 12.6. The molecule has 0 radical (unpaired) electrons. The third-order valence-electron chi connectivity index (χ3n) is 6.79.